The molecule has 3 heteroatoms. The first-order valence-corrected chi connectivity index (χ1v) is 5.59. The third-order valence-electron chi connectivity index (χ3n) is 2.24. The number of benzene rings is 2. The van der Waals surface area contributed by atoms with Gasteiger partial charge in [0.25, 0.3) is 5.91 Å². The van der Waals surface area contributed by atoms with Crippen molar-refractivity contribution in [1.29, 1.82) is 0 Å². The molecule has 18 heavy (non-hydrogen) atoms. The molecule has 0 atom stereocenters. The van der Waals surface area contributed by atoms with Gasteiger partial charge in [0.2, 0.25) is 0 Å². The van der Waals surface area contributed by atoms with Gasteiger partial charge in [-0.05, 0) is 23.8 Å². The number of rotatable bonds is 4. The van der Waals surface area contributed by atoms with Gasteiger partial charge in [-0.25, -0.2) is 0 Å². The topological polar surface area (TPSA) is 38.3 Å². The Labute approximate surface area is 106 Å². The van der Waals surface area contributed by atoms with Crippen molar-refractivity contribution in [3.8, 4) is 5.75 Å². The van der Waals surface area contributed by atoms with E-state index < -0.39 is 0 Å². The molecule has 1 amide bonds. The lowest BCUT2D eigenvalue weighted by Gasteiger charge is -2.03. The van der Waals surface area contributed by atoms with Gasteiger partial charge in [0.1, 0.15) is 0 Å². The first-order valence-electron chi connectivity index (χ1n) is 5.59. The van der Waals surface area contributed by atoms with E-state index >= 15 is 0 Å². The van der Waals surface area contributed by atoms with Gasteiger partial charge in [-0.2, -0.15) is 5.48 Å². The Bertz CT molecular complexity index is 521. The summed E-state index contributed by atoms with van der Waals surface area (Å²) in [6.07, 6.45) is 3.15. The molecule has 0 aromatic heterocycles. The van der Waals surface area contributed by atoms with E-state index in [4.69, 9.17) is 4.84 Å². The largest absolute Gasteiger partial charge is 0.379 e. The zero-order chi connectivity index (χ0) is 12.6. The fourth-order valence-corrected chi connectivity index (χ4v) is 1.37. The second kappa shape index (κ2) is 6.25. The Hall–Kier alpha value is -2.55. The minimum Gasteiger partial charge on any atom is -0.379 e. The first kappa shape index (κ1) is 11.9. The van der Waals surface area contributed by atoms with E-state index in [1.807, 2.05) is 48.5 Å². The van der Waals surface area contributed by atoms with Gasteiger partial charge in [0.05, 0.1) is 0 Å². The number of amides is 1. The molecule has 0 spiro atoms. The van der Waals surface area contributed by atoms with Crippen LogP contribution < -0.4 is 10.3 Å². The van der Waals surface area contributed by atoms with Crippen molar-refractivity contribution in [2.24, 2.45) is 0 Å². The summed E-state index contributed by atoms with van der Waals surface area (Å²) in [5.41, 5.74) is 3.31. The van der Waals surface area contributed by atoms with Crippen molar-refractivity contribution in [3.63, 3.8) is 0 Å². The van der Waals surface area contributed by atoms with Crippen molar-refractivity contribution in [3.05, 3.63) is 72.3 Å². The Morgan fingerprint density at radius 1 is 0.944 bits per heavy atom. The van der Waals surface area contributed by atoms with Crippen LogP contribution in [-0.2, 0) is 4.79 Å². The summed E-state index contributed by atoms with van der Waals surface area (Å²) >= 11 is 0. The molecule has 2 aromatic rings. The maximum Gasteiger partial charge on any atom is 0.276 e. The molecular weight excluding hydrogens is 226 g/mol. The van der Waals surface area contributed by atoms with E-state index in [0.717, 1.165) is 5.56 Å². The highest BCUT2D eigenvalue weighted by molar-refractivity contribution is 5.91. The van der Waals surface area contributed by atoms with E-state index in [0.29, 0.717) is 5.75 Å². The van der Waals surface area contributed by atoms with Crippen LogP contribution in [0.5, 0.6) is 5.75 Å². The van der Waals surface area contributed by atoms with Crippen LogP contribution in [0.4, 0.5) is 0 Å². The Morgan fingerprint density at radius 2 is 1.56 bits per heavy atom. The highest BCUT2D eigenvalue weighted by Gasteiger charge is 1.96. The SMILES string of the molecule is O=C(C=Cc1ccccc1)NOc1ccccc1. The van der Waals surface area contributed by atoms with Crippen LogP contribution in [0, 0.1) is 0 Å². The minimum absolute atomic E-state index is 0.303. The summed E-state index contributed by atoms with van der Waals surface area (Å²) in [5.74, 6) is 0.293. The van der Waals surface area contributed by atoms with Crippen molar-refractivity contribution < 1.29 is 9.63 Å². The first-order chi connectivity index (χ1) is 8.84. The van der Waals surface area contributed by atoms with Crippen molar-refractivity contribution in [1.82, 2.24) is 5.48 Å². The number of hydrogen-bond acceptors (Lipinski definition) is 2. The number of para-hydroxylation sites is 1. The summed E-state index contributed by atoms with van der Waals surface area (Å²) in [5, 5.41) is 0. The number of nitrogens with one attached hydrogen (secondary N) is 1. The van der Waals surface area contributed by atoms with E-state index in [9.17, 15) is 4.79 Å². The van der Waals surface area contributed by atoms with Crippen LogP contribution in [0.2, 0.25) is 0 Å². The molecule has 0 saturated carbocycles. The second-order valence-corrected chi connectivity index (χ2v) is 3.63. The number of hydrogen-bond donors (Lipinski definition) is 1. The number of carbonyl (C=O) groups excluding carboxylic acids is 1. The van der Waals surface area contributed by atoms with Crippen LogP contribution in [0.3, 0.4) is 0 Å². The third kappa shape index (κ3) is 3.79. The predicted octanol–water partition coefficient (Wildman–Crippen LogP) is 2.81. The molecule has 90 valence electrons. The summed E-state index contributed by atoms with van der Waals surface area (Å²) in [4.78, 5) is 16.6. The van der Waals surface area contributed by atoms with E-state index in [1.165, 1.54) is 6.08 Å². The van der Waals surface area contributed by atoms with Crippen LogP contribution in [0.15, 0.2) is 66.7 Å². The monoisotopic (exact) mass is 239 g/mol. The normalized spacial score (nSPS) is 10.2. The summed E-state index contributed by atoms with van der Waals surface area (Å²) < 4.78 is 0. The van der Waals surface area contributed by atoms with Crippen LogP contribution >= 0.6 is 0 Å². The van der Waals surface area contributed by atoms with Gasteiger partial charge in [0.15, 0.2) is 5.75 Å². The fraction of sp³-hybridized carbons (Fsp3) is 0. The lowest BCUT2D eigenvalue weighted by atomic mass is 10.2. The summed E-state index contributed by atoms with van der Waals surface area (Å²) in [7, 11) is 0. The number of hydroxylamine groups is 1. The molecule has 2 rings (SSSR count). The number of carbonyl (C=O) groups is 1. The molecule has 0 aliphatic rings. The molecule has 3 nitrogen and oxygen atoms in total. The van der Waals surface area contributed by atoms with Gasteiger partial charge in [-0.3, -0.25) is 4.79 Å². The summed E-state index contributed by atoms with van der Waals surface area (Å²) in [6, 6.07) is 18.7. The maximum atomic E-state index is 11.5. The van der Waals surface area contributed by atoms with Crippen LogP contribution in [0.1, 0.15) is 5.56 Å². The van der Waals surface area contributed by atoms with Crippen molar-refractivity contribution >= 4 is 12.0 Å². The zero-order valence-electron chi connectivity index (χ0n) is 9.74. The molecule has 0 heterocycles. The Morgan fingerprint density at radius 3 is 2.22 bits per heavy atom. The van der Waals surface area contributed by atoms with Gasteiger partial charge in [0, 0.05) is 6.08 Å². The van der Waals surface area contributed by atoms with Gasteiger partial charge >= 0.3 is 0 Å². The molecular formula is C15H13NO2. The van der Waals surface area contributed by atoms with Crippen molar-refractivity contribution in [2.75, 3.05) is 0 Å². The molecule has 0 unspecified atom stereocenters. The maximum absolute atomic E-state index is 11.5. The second-order valence-electron chi connectivity index (χ2n) is 3.63. The van der Waals surface area contributed by atoms with Gasteiger partial charge in [-0.15, -0.1) is 0 Å². The van der Waals surface area contributed by atoms with Crippen LogP contribution in [0.25, 0.3) is 6.08 Å². The van der Waals surface area contributed by atoms with Gasteiger partial charge in [-0.1, -0.05) is 48.5 Å². The van der Waals surface area contributed by atoms with Crippen LogP contribution in [-0.4, -0.2) is 5.91 Å². The van der Waals surface area contributed by atoms with E-state index in [1.54, 1.807) is 18.2 Å². The average Bonchev–Trinajstić information content (AvgIpc) is 2.45. The minimum atomic E-state index is -0.303. The summed E-state index contributed by atoms with van der Waals surface area (Å²) in [6.45, 7) is 0. The Balaban J connectivity index is 1.84. The molecule has 0 radical (unpaired) electrons. The molecule has 1 N–H and O–H groups in total. The molecule has 0 bridgehead atoms. The average molecular weight is 239 g/mol. The highest BCUT2D eigenvalue weighted by atomic mass is 16.7. The lowest BCUT2D eigenvalue weighted by molar-refractivity contribution is -0.122. The molecule has 2 aromatic carbocycles. The zero-order valence-corrected chi connectivity index (χ0v) is 9.74. The van der Waals surface area contributed by atoms with E-state index in [2.05, 4.69) is 5.48 Å². The van der Waals surface area contributed by atoms with E-state index in [-0.39, 0.29) is 5.91 Å². The van der Waals surface area contributed by atoms with Crippen molar-refractivity contribution in [2.45, 2.75) is 0 Å². The highest BCUT2D eigenvalue weighted by Crippen LogP contribution is 2.06. The standard InChI is InChI=1S/C15H13NO2/c17-15(12-11-13-7-3-1-4-8-13)16-18-14-9-5-2-6-10-14/h1-12H,(H,16,17). The third-order valence-corrected chi connectivity index (χ3v) is 2.24. The molecule has 0 aliphatic heterocycles. The molecule has 0 aliphatic carbocycles. The predicted molar refractivity (Wildman–Crippen MR) is 70.7 cm³/mol. The lowest BCUT2D eigenvalue weighted by Crippen LogP contribution is -2.24. The van der Waals surface area contributed by atoms with Gasteiger partial charge < -0.3 is 4.84 Å². The molecule has 0 saturated heterocycles. The quantitative estimate of drug-likeness (QED) is 0.658. The Kier molecular flexibility index (Phi) is 4.14. The smallest absolute Gasteiger partial charge is 0.276 e. The molecule has 0 fully saturated rings. The fourth-order valence-electron chi connectivity index (χ4n) is 1.37.